The van der Waals surface area contributed by atoms with E-state index in [-0.39, 0.29) is 12.2 Å². The smallest absolute Gasteiger partial charge is 0.355 e. The van der Waals surface area contributed by atoms with Crippen LogP contribution in [0.4, 0.5) is 0 Å². The van der Waals surface area contributed by atoms with Crippen molar-refractivity contribution in [3.05, 3.63) is 59.0 Å². The summed E-state index contributed by atoms with van der Waals surface area (Å²) in [5, 5.41) is 14.1. The first kappa shape index (κ1) is 17.5. The van der Waals surface area contributed by atoms with Crippen molar-refractivity contribution in [2.24, 2.45) is 0 Å². The summed E-state index contributed by atoms with van der Waals surface area (Å²) in [6, 6.07) is 9.25. The van der Waals surface area contributed by atoms with Crippen molar-refractivity contribution >= 4 is 11.9 Å². The summed E-state index contributed by atoms with van der Waals surface area (Å²) in [5.41, 5.74) is 3.30. The fourth-order valence-corrected chi connectivity index (χ4v) is 2.94. The van der Waals surface area contributed by atoms with E-state index in [0.717, 1.165) is 5.69 Å². The topological polar surface area (TPSA) is 97.2 Å². The number of hydrogen-bond donors (Lipinski definition) is 2. The second kappa shape index (κ2) is 6.87. The van der Waals surface area contributed by atoms with Crippen molar-refractivity contribution in [1.82, 2.24) is 14.8 Å². The Morgan fingerprint density at radius 3 is 2.54 bits per heavy atom. The monoisotopic (exact) mass is 353 g/mol. The third-order valence-corrected chi connectivity index (χ3v) is 4.12. The van der Waals surface area contributed by atoms with Crippen LogP contribution in [0.1, 0.15) is 39.0 Å². The maximum absolute atomic E-state index is 12.1. The van der Waals surface area contributed by atoms with E-state index in [0.29, 0.717) is 28.2 Å². The Kier molecular flexibility index (Phi) is 4.62. The molecule has 7 nitrogen and oxygen atoms in total. The van der Waals surface area contributed by atoms with Gasteiger partial charge in [0.05, 0.1) is 12.3 Å². The van der Waals surface area contributed by atoms with Gasteiger partial charge in [0.25, 0.3) is 0 Å². The molecule has 0 aliphatic rings. The molecule has 0 radical (unpaired) electrons. The van der Waals surface area contributed by atoms with Gasteiger partial charge in [0, 0.05) is 17.5 Å². The van der Waals surface area contributed by atoms with Crippen molar-refractivity contribution in [1.29, 1.82) is 0 Å². The lowest BCUT2D eigenvalue weighted by Gasteiger charge is -2.02. The molecule has 2 heterocycles. The zero-order chi connectivity index (χ0) is 18.8. The fourth-order valence-electron chi connectivity index (χ4n) is 2.94. The number of aromatic carboxylic acids is 1. The first-order valence-electron chi connectivity index (χ1n) is 8.19. The van der Waals surface area contributed by atoms with Gasteiger partial charge in [-0.25, -0.2) is 14.3 Å². The SMILES string of the molecule is CCOC(=O)c1[nH]c(C)c(-c2nn(-c3ccccc3)cc2C(=O)O)c1C. The van der Waals surface area contributed by atoms with Gasteiger partial charge < -0.3 is 14.8 Å². The maximum atomic E-state index is 12.1. The number of ether oxygens (including phenoxy) is 1. The number of hydrogen-bond acceptors (Lipinski definition) is 4. The molecule has 0 amide bonds. The number of para-hydroxylation sites is 1. The predicted molar refractivity (Wildman–Crippen MR) is 95.7 cm³/mol. The van der Waals surface area contributed by atoms with Gasteiger partial charge in [-0.1, -0.05) is 18.2 Å². The molecule has 2 aromatic heterocycles. The first-order valence-corrected chi connectivity index (χ1v) is 8.19. The molecule has 0 fully saturated rings. The molecule has 134 valence electrons. The summed E-state index contributed by atoms with van der Waals surface area (Å²) in [7, 11) is 0. The summed E-state index contributed by atoms with van der Waals surface area (Å²) in [4.78, 5) is 26.9. The van der Waals surface area contributed by atoms with Gasteiger partial charge in [-0.15, -0.1) is 0 Å². The van der Waals surface area contributed by atoms with Crippen LogP contribution in [-0.2, 0) is 4.74 Å². The highest BCUT2D eigenvalue weighted by Crippen LogP contribution is 2.32. The van der Waals surface area contributed by atoms with Crippen molar-refractivity contribution < 1.29 is 19.4 Å². The number of benzene rings is 1. The van der Waals surface area contributed by atoms with Gasteiger partial charge in [-0.2, -0.15) is 5.10 Å². The number of carbonyl (C=O) groups is 2. The van der Waals surface area contributed by atoms with E-state index < -0.39 is 11.9 Å². The molecule has 0 bridgehead atoms. The van der Waals surface area contributed by atoms with Gasteiger partial charge in [-0.05, 0) is 38.5 Å². The number of aromatic nitrogens is 3. The molecule has 7 heteroatoms. The van der Waals surface area contributed by atoms with E-state index in [1.165, 1.54) is 10.9 Å². The predicted octanol–water partition coefficient (Wildman–Crippen LogP) is 3.36. The minimum Gasteiger partial charge on any atom is -0.478 e. The molecule has 0 saturated heterocycles. The summed E-state index contributed by atoms with van der Waals surface area (Å²) < 4.78 is 6.58. The van der Waals surface area contributed by atoms with E-state index in [9.17, 15) is 14.7 Å². The average molecular weight is 353 g/mol. The number of carboxylic acid groups (broad SMARTS) is 1. The lowest BCUT2D eigenvalue weighted by molar-refractivity contribution is 0.0518. The number of carboxylic acids is 1. The number of aryl methyl sites for hydroxylation is 1. The molecule has 3 rings (SSSR count). The van der Waals surface area contributed by atoms with Crippen molar-refractivity contribution in [3.8, 4) is 16.9 Å². The van der Waals surface area contributed by atoms with Gasteiger partial charge in [0.2, 0.25) is 0 Å². The number of aromatic amines is 1. The van der Waals surface area contributed by atoms with Gasteiger partial charge in [0.1, 0.15) is 17.0 Å². The van der Waals surface area contributed by atoms with Crippen LogP contribution < -0.4 is 0 Å². The minimum atomic E-state index is -1.08. The third kappa shape index (κ3) is 2.99. The van der Waals surface area contributed by atoms with Crippen LogP contribution >= 0.6 is 0 Å². The number of rotatable bonds is 5. The van der Waals surface area contributed by atoms with Crippen LogP contribution in [0, 0.1) is 13.8 Å². The van der Waals surface area contributed by atoms with E-state index >= 15 is 0 Å². The molecule has 0 atom stereocenters. The zero-order valence-corrected chi connectivity index (χ0v) is 14.7. The standard InChI is InChI=1S/C19H19N3O4/c1-4-26-19(25)16-11(2)15(12(3)20-16)17-14(18(23)24)10-22(21-17)13-8-6-5-7-9-13/h5-10,20H,4H2,1-3H3,(H,23,24). The Hall–Kier alpha value is -3.35. The van der Waals surface area contributed by atoms with Crippen molar-refractivity contribution in [2.75, 3.05) is 6.61 Å². The van der Waals surface area contributed by atoms with Crippen LogP contribution in [0.15, 0.2) is 36.5 Å². The summed E-state index contributed by atoms with van der Waals surface area (Å²) >= 11 is 0. The Bertz CT molecular complexity index is 970. The Balaban J connectivity index is 2.17. The number of esters is 1. The lowest BCUT2D eigenvalue weighted by atomic mass is 10.0. The van der Waals surface area contributed by atoms with Crippen LogP contribution in [0.2, 0.25) is 0 Å². The summed E-state index contributed by atoms with van der Waals surface area (Å²) in [6.07, 6.45) is 1.48. The van der Waals surface area contributed by atoms with Crippen LogP contribution in [-0.4, -0.2) is 38.4 Å². The van der Waals surface area contributed by atoms with Crippen LogP contribution in [0.25, 0.3) is 16.9 Å². The highest BCUT2D eigenvalue weighted by Gasteiger charge is 2.25. The third-order valence-electron chi connectivity index (χ3n) is 4.12. The summed E-state index contributed by atoms with van der Waals surface area (Å²) in [5.74, 6) is -1.56. The number of nitrogens with one attached hydrogen (secondary N) is 1. The normalized spacial score (nSPS) is 10.7. The van der Waals surface area contributed by atoms with E-state index in [2.05, 4.69) is 10.1 Å². The summed E-state index contributed by atoms with van der Waals surface area (Å²) in [6.45, 7) is 5.51. The quantitative estimate of drug-likeness (QED) is 0.686. The van der Waals surface area contributed by atoms with Gasteiger partial charge in [-0.3, -0.25) is 0 Å². The second-order valence-electron chi connectivity index (χ2n) is 5.82. The molecule has 0 aliphatic heterocycles. The molecule has 2 N–H and O–H groups in total. The average Bonchev–Trinajstić information content (AvgIpc) is 3.17. The van der Waals surface area contributed by atoms with E-state index in [4.69, 9.17) is 4.74 Å². The van der Waals surface area contributed by atoms with E-state index in [1.54, 1.807) is 20.8 Å². The molecule has 0 spiro atoms. The second-order valence-corrected chi connectivity index (χ2v) is 5.82. The Morgan fingerprint density at radius 2 is 1.92 bits per heavy atom. The largest absolute Gasteiger partial charge is 0.478 e. The Labute approximate surface area is 150 Å². The molecular weight excluding hydrogens is 334 g/mol. The number of nitrogens with zero attached hydrogens (tertiary/aromatic N) is 2. The van der Waals surface area contributed by atoms with E-state index in [1.807, 2.05) is 30.3 Å². The molecule has 3 aromatic rings. The molecule has 0 aliphatic carbocycles. The minimum absolute atomic E-state index is 0.0643. The van der Waals surface area contributed by atoms with Crippen LogP contribution in [0.3, 0.4) is 0 Å². The molecule has 26 heavy (non-hydrogen) atoms. The molecular formula is C19H19N3O4. The highest BCUT2D eigenvalue weighted by atomic mass is 16.5. The first-order chi connectivity index (χ1) is 12.4. The fraction of sp³-hybridized carbons (Fsp3) is 0.211. The van der Waals surface area contributed by atoms with Crippen molar-refractivity contribution in [2.45, 2.75) is 20.8 Å². The lowest BCUT2D eigenvalue weighted by Crippen LogP contribution is -2.06. The maximum Gasteiger partial charge on any atom is 0.355 e. The molecule has 1 aromatic carbocycles. The number of H-pyrrole nitrogens is 1. The Morgan fingerprint density at radius 1 is 1.23 bits per heavy atom. The highest BCUT2D eigenvalue weighted by molar-refractivity contribution is 5.98. The molecule has 0 unspecified atom stereocenters. The van der Waals surface area contributed by atoms with Gasteiger partial charge in [0.15, 0.2) is 0 Å². The van der Waals surface area contributed by atoms with Gasteiger partial charge >= 0.3 is 11.9 Å². The van der Waals surface area contributed by atoms with Crippen LogP contribution in [0.5, 0.6) is 0 Å². The zero-order valence-electron chi connectivity index (χ0n) is 14.7. The molecule has 0 saturated carbocycles. The van der Waals surface area contributed by atoms with Crippen molar-refractivity contribution in [3.63, 3.8) is 0 Å². The number of carbonyl (C=O) groups excluding carboxylic acids is 1.